The van der Waals surface area contributed by atoms with Crippen molar-refractivity contribution in [2.45, 2.75) is 13.0 Å². The quantitative estimate of drug-likeness (QED) is 0.168. The molecule has 0 saturated carbocycles. The predicted molar refractivity (Wildman–Crippen MR) is 163 cm³/mol. The van der Waals surface area contributed by atoms with Gasteiger partial charge in [-0.2, -0.15) is 0 Å². The lowest BCUT2D eigenvalue weighted by Gasteiger charge is -2.16. The van der Waals surface area contributed by atoms with Gasteiger partial charge in [0.05, 0.1) is 12.0 Å². The van der Waals surface area contributed by atoms with Crippen LogP contribution in [0.15, 0.2) is 102 Å². The van der Waals surface area contributed by atoms with Gasteiger partial charge in [0.1, 0.15) is 13.2 Å². The van der Waals surface area contributed by atoms with Crippen LogP contribution in [0.3, 0.4) is 0 Å². The maximum atomic E-state index is 13.2. The number of ether oxygens (including phenoxy) is 2. The first-order valence-corrected chi connectivity index (χ1v) is 13.8. The van der Waals surface area contributed by atoms with Crippen LogP contribution in [-0.4, -0.2) is 35.6 Å². The molecular formula is C33H28N2O5S. The van der Waals surface area contributed by atoms with Crippen LogP contribution < -0.4 is 14.8 Å². The normalized spacial score (nSPS) is 14.0. The van der Waals surface area contributed by atoms with Gasteiger partial charge in [0.15, 0.2) is 11.5 Å². The Hall–Kier alpha value is -4.82. The fourth-order valence-corrected chi connectivity index (χ4v) is 5.41. The molecule has 0 unspecified atom stereocenters. The molecule has 1 heterocycles. The highest BCUT2D eigenvalue weighted by Crippen LogP contribution is 2.37. The summed E-state index contributed by atoms with van der Waals surface area (Å²) in [6.07, 6.45) is 3.90. The van der Waals surface area contributed by atoms with Gasteiger partial charge in [0, 0.05) is 16.6 Å². The Kier molecular flexibility index (Phi) is 8.50. The maximum Gasteiger partial charge on any atom is 0.294 e. The average Bonchev–Trinajstić information content (AvgIpc) is 3.24. The molecule has 4 aromatic rings. The average molecular weight is 565 g/mol. The summed E-state index contributed by atoms with van der Waals surface area (Å²) in [6, 6.07) is 26.7. The second-order valence-electron chi connectivity index (χ2n) is 9.32. The fourth-order valence-electron chi connectivity index (χ4n) is 4.57. The third-order valence-electron chi connectivity index (χ3n) is 6.50. The Morgan fingerprint density at radius 2 is 1.76 bits per heavy atom. The summed E-state index contributed by atoms with van der Waals surface area (Å²) < 4.78 is 11.7. The molecule has 0 bridgehead atoms. The SMILES string of the molecule is C=CCc1cc(/C=C2\SC(=O)N(CC(=O)Nc3cccc4ccccc34)C2=O)cc(OC)c1OCc1ccccc1. The molecule has 1 fully saturated rings. The second-order valence-corrected chi connectivity index (χ2v) is 10.3. The number of nitrogens with one attached hydrogen (secondary N) is 1. The highest BCUT2D eigenvalue weighted by Gasteiger charge is 2.36. The van der Waals surface area contributed by atoms with E-state index in [1.165, 1.54) is 0 Å². The Balaban J connectivity index is 1.33. The molecule has 0 aliphatic carbocycles. The van der Waals surface area contributed by atoms with Gasteiger partial charge >= 0.3 is 0 Å². The first-order chi connectivity index (χ1) is 20.0. The number of nitrogens with zero attached hydrogens (tertiary/aromatic N) is 1. The summed E-state index contributed by atoms with van der Waals surface area (Å²) in [5.41, 5.74) is 3.13. The minimum Gasteiger partial charge on any atom is -0.493 e. The Bertz CT molecular complexity index is 1660. The lowest BCUT2D eigenvalue weighted by atomic mass is 10.0. The van der Waals surface area contributed by atoms with Gasteiger partial charge < -0.3 is 14.8 Å². The van der Waals surface area contributed by atoms with Gasteiger partial charge in [-0.05, 0) is 59.0 Å². The lowest BCUT2D eigenvalue weighted by Crippen LogP contribution is -2.36. The Morgan fingerprint density at radius 1 is 1.00 bits per heavy atom. The molecule has 3 amide bonds. The van der Waals surface area contributed by atoms with Crippen LogP contribution in [0.2, 0.25) is 0 Å². The van der Waals surface area contributed by atoms with E-state index in [9.17, 15) is 14.4 Å². The van der Waals surface area contributed by atoms with Crippen molar-refractivity contribution in [2.75, 3.05) is 19.0 Å². The summed E-state index contributed by atoms with van der Waals surface area (Å²) in [4.78, 5) is 39.9. The molecule has 0 radical (unpaired) electrons. The maximum absolute atomic E-state index is 13.2. The van der Waals surface area contributed by atoms with Crippen LogP contribution in [0.25, 0.3) is 16.8 Å². The number of benzene rings is 4. The molecule has 0 atom stereocenters. The monoisotopic (exact) mass is 564 g/mol. The minimum atomic E-state index is -0.526. The van der Waals surface area contributed by atoms with E-state index in [0.29, 0.717) is 35.8 Å². The molecule has 206 valence electrons. The number of carbonyl (C=O) groups excluding carboxylic acids is 3. The Morgan fingerprint density at radius 3 is 2.54 bits per heavy atom. The zero-order valence-electron chi connectivity index (χ0n) is 22.5. The number of amides is 3. The molecule has 7 nitrogen and oxygen atoms in total. The number of allylic oxidation sites excluding steroid dienone is 1. The summed E-state index contributed by atoms with van der Waals surface area (Å²) in [6.45, 7) is 3.83. The van der Waals surface area contributed by atoms with E-state index < -0.39 is 17.1 Å². The van der Waals surface area contributed by atoms with Gasteiger partial charge in [-0.15, -0.1) is 6.58 Å². The highest BCUT2D eigenvalue weighted by atomic mass is 32.2. The minimum absolute atomic E-state index is 0.220. The van der Waals surface area contributed by atoms with Crippen molar-refractivity contribution >= 4 is 51.4 Å². The smallest absolute Gasteiger partial charge is 0.294 e. The first-order valence-electron chi connectivity index (χ1n) is 13.0. The zero-order valence-corrected chi connectivity index (χ0v) is 23.3. The zero-order chi connectivity index (χ0) is 28.8. The number of methoxy groups -OCH3 is 1. The van der Waals surface area contributed by atoms with Crippen molar-refractivity contribution in [3.63, 3.8) is 0 Å². The summed E-state index contributed by atoms with van der Waals surface area (Å²) in [7, 11) is 1.55. The first kappa shape index (κ1) is 27.7. The molecular weight excluding hydrogens is 536 g/mol. The molecule has 1 aliphatic rings. The van der Waals surface area contributed by atoms with Gasteiger partial charge in [-0.1, -0.05) is 72.8 Å². The van der Waals surface area contributed by atoms with E-state index in [1.807, 2.05) is 72.8 Å². The van der Waals surface area contributed by atoms with E-state index in [0.717, 1.165) is 38.6 Å². The summed E-state index contributed by atoms with van der Waals surface area (Å²) in [5, 5.41) is 4.17. The van der Waals surface area contributed by atoms with Crippen molar-refractivity contribution in [2.24, 2.45) is 0 Å². The van der Waals surface area contributed by atoms with Crippen molar-refractivity contribution in [3.8, 4) is 11.5 Å². The molecule has 0 spiro atoms. The van der Waals surface area contributed by atoms with E-state index in [2.05, 4.69) is 11.9 Å². The molecule has 8 heteroatoms. The number of thioether (sulfide) groups is 1. The lowest BCUT2D eigenvalue weighted by molar-refractivity contribution is -0.127. The largest absolute Gasteiger partial charge is 0.493 e. The van der Waals surface area contributed by atoms with Crippen molar-refractivity contribution < 1.29 is 23.9 Å². The molecule has 4 aromatic carbocycles. The molecule has 1 N–H and O–H groups in total. The van der Waals surface area contributed by atoms with E-state index in [1.54, 1.807) is 31.4 Å². The van der Waals surface area contributed by atoms with Crippen LogP contribution in [-0.2, 0) is 22.6 Å². The molecule has 1 aliphatic heterocycles. The number of hydrogen-bond donors (Lipinski definition) is 1. The van der Waals surface area contributed by atoms with Crippen LogP contribution >= 0.6 is 11.8 Å². The number of carbonyl (C=O) groups is 3. The Labute approximate surface area is 242 Å². The second kappa shape index (κ2) is 12.6. The van der Waals surface area contributed by atoms with Gasteiger partial charge in [-0.25, -0.2) is 0 Å². The molecule has 1 saturated heterocycles. The fraction of sp³-hybridized carbons (Fsp3) is 0.121. The van der Waals surface area contributed by atoms with Crippen LogP contribution in [0.4, 0.5) is 10.5 Å². The number of hydrogen-bond acceptors (Lipinski definition) is 6. The van der Waals surface area contributed by atoms with Crippen molar-refractivity contribution in [1.82, 2.24) is 4.90 Å². The highest BCUT2D eigenvalue weighted by molar-refractivity contribution is 8.18. The number of anilines is 1. The van der Waals surface area contributed by atoms with Crippen molar-refractivity contribution in [3.05, 3.63) is 119 Å². The van der Waals surface area contributed by atoms with Crippen LogP contribution in [0.1, 0.15) is 16.7 Å². The molecule has 0 aromatic heterocycles. The third-order valence-corrected chi connectivity index (χ3v) is 7.41. The number of fused-ring (bicyclic) bond motifs is 1. The van der Waals surface area contributed by atoms with E-state index in [-0.39, 0.29) is 11.4 Å². The van der Waals surface area contributed by atoms with Crippen LogP contribution in [0.5, 0.6) is 11.5 Å². The number of imide groups is 1. The topological polar surface area (TPSA) is 84.9 Å². The standard InChI is InChI=1S/C33H28N2O5S/c1-3-10-25-17-23(18-28(39-2)31(25)40-21-22-11-5-4-6-12-22)19-29-32(37)35(33(38)41-29)20-30(36)34-27-16-9-14-24-13-7-8-15-26(24)27/h3-9,11-19H,1,10,20-21H2,2H3,(H,34,36)/b29-19-. The summed E-state index contributed by atoms with van der Waals surface area (Å²) >= 11 is 0.798. The van der Waals surface area contributed by atoms with Gasteiger partial charge in [-0.3, -0.25) is 19.3 Å². The third kappa shape index (κ3) is 6.34. The van der Waals surface area contributed by atoms with Gasteiger partial charge in [0.2, 0.25) is 5.91 Å². The van der Waals surface area contributed by atoms with E-state index in [4.69, 9.17) is 9.47 Å². The predicted octanol–water partition coefficient (Wildman–Crippen LogP) is 6.83. The molecule has 41 heavy (non-hydrogen) atoms. The molecule has 5 rings (SSSR count). The summed E-state index contributed by atoms with van der Waals surface area (Å²) in [5.74, 6) is 0.105. The van der Waals surface area contributed by atoms with E-state index >= 15 is 0 Å². The van der Waals surface area contributed by atoms with Crippen molar-refractivity contribution in [1.29, 1.82) is 0 Å². The van der Waals surface area contributed by atoms with Gasteiger partial charge in [0.25, 0.3) is 11.1 Å². The van der Waals surface area contributed by atoms with Crippen LogP contribution in [0, 0.1) is 0 Å². The number of rotatable bonds is 10.